The number of nitrogens with zero attached hydrogens (tertiary/aromatic N) is 1. The highest BCUT2D eigenvalue weighted by Crippen LogP contribution is 2.26. The van der Waals surface area contributed by atoms with Gasteiger partial charge in [0, 0.05) is 29.0 Å². The molecule has 2 aromatic rings. The lowest BCUT2D eigenvalue weighted by atomic mass is 10.1. The molecular weight excluding hydrogens is 255 g/mol. The quantitative estimate of drug-likeness (QED) is 0.839. The molecule has 0 aliphatic heterocycles. The second-order valence-electron chi connectivity index (χ2n) is 4.38. The van der Waals surface area contributed by atoms with Crippen molar-refractivity contribution in [2.45, 2.75) is 19.5 Å². The number of aryl methyl sites for hydroxylation is 1. The number of halogens is 3. The van der Waals surface area contributed by atoms with Crippen LogP contribution in [0.4, 0.5) is 24.5 Å². The first-order chi connectivity index (χ1) is 8.85. The van der Waals surface area contributed by atoms with Gasteiger partial charge >= 0.3 is 6.18 Å². The van der Waals surface area contributed by atoms with E-state index in [4.69, 9.17) is 5.73 Å². The largest absolute Gasteiger partial charge is 0.399 e. The van der Waals surface area contributed by atoms with E-state index in [1.165, 1.54) is 0 Å². The highest BCUT2D eigenvalue weighted by Gasteiger charge is 2.26. The third-order valence-electron chi connectivity index (χ3n) is 2.68. The maximum Gasteiger partial charge on any atom is 0.390 e. The molecule has 2 rings (SSSR count). The fraction of sp³-hybridized carbons (Fsp3) is 0.308. The van der Waals surface area contributed by atoms with Crippen LogP contribution in [0, 0.1) is 6.92 Å². The molecular formula is C13H14F3N3. The van der Waals surface area contributed by atoms with Gasteiger partial charge in [0.2, 0.25) is 0 Å². The summed E-state index contributed by atoms with van der Waals surface area (Å²) >= 11 is 0. The van der Waals surface area contributed by atoms with Crippen molar-refractivity contribution in [3.63, 3.8) is 0 Å². The van der Waals surface area contributed by atoms with Crippen molar-refractivity contribution in [2.24, 2.45) is 0 Å². The number of nitrogen functional groups attached to an aromatic ring is 1. The van der Waals surface area contributed by atoms with Gasteiger partial charge in [-0.3, -0.25) is 4.98 Å². The summed E-state index contributed by atoms with van der Waals surface area (Å²) in [5.41, 5.74) is 8.32. The maximum absolute atomic E-state index is 12.1. The Kier molecular flexibility index (Phi) is 3.50. The Morgan fingerprint density at radius 2 is 2.00 bits per heavy atom. The summed E-state index contributed by atoms with van der Waals surface area (Å²) in [6.07, 6.45) is -5.04. The number of alkyl halides is 3. The molecule has 0 bridgehead atoms. The van der Waals surface area contributed by atoms with Gasteiger partial charge in [-0.05, 0) is 31.2 Å². The van der Waals surface area contributed by atoms with E-state index < -0.39 is 12.6 Å². The van der Waals surface area contributed by atoms with Gasteiger partial charge in [-0.15, -0.1) is 0 Å². The van der Waals surface area contributed by atoms with Gasteiger partial charge in [0.15, 0.2) is 0 Å². The van der Waals surface area contributed by atoms with Crippen LogP contribution in [0.1, 0.15) is 12.1 Å². The van der Waals surface area contributed by atoms with E-state index in [1.807, 2.05) is 0 Å². The molecule has 1 aromatic heterocycles. The molecule has 3 nitrogen and oxygen atoms in total. The molecule has 0 aliphatic rings. The van der Waals surface area contributed by atoms with Gasteiger partial charge in [0.25, 0.3) is 0 Å². The smallest absolute Gasteiger partial charge is 0.390 e. The first-order valence-corrected chi connectivity index (χ1v) is 5.83. The van der Waals surface area contributed by atoms with Crippen LogP contribution in [0.25, 0.3) is 10.9 Å². The molecule has 0 fully saturated rings. The van der Waals surface area contributed by atoms with Crippen LogP contribution in [0.3, 0.4) is 0 Å². The van der Waals surface area contributed by atoms with Gasteiger partial charge in [-0.2, -0.15) is 13.2 Å². The molecule has 0 saturated carbocycles. The highest BCUT2D eigenvalue weighted by molar-refractivity contribution is 5.93. The van der Waals surface area contributed by atoms with E-state index in [0.717, 1.165) is 11.1 Å². The fourth-order valence-electron chi connectivity index (χ4n) is 1.86. The Morgan fingerprint density at radius 3 is 2.68 bits per heavy atom. The number of pyridine rings is 1. The lowest BCUT2D eigenvalue weighted by molar-refractivity contribution is -0.131. The molecule has 3 N–H and O–H groups in total. The highest BCUT2D eigenvalue weighted by atomic mass is 19.4. The number of nitrogens with two attached hydrogens (primary N) is 1. The summed E-state index contributed by atoms with van der Waals surface area (Å²) in [4.78, 5) is 4.32. The zero-order valence-corrected chi connectivity index (χ0v) is 10.4. The number of rotatable bonds is 3. The van der Waals surface area contributed by atoms with Crippen molar-refractivity contribution >= 4 is 22.3 Å². The molecule has 1 aromatic carbocycles. The third-order valence-corrected chi connectivity index (χ3v) is 2.68. The van der Waals surface area contributed by atoms with Gasteiger partial charge in [0.05, 0.1) is 11.9 Å². The van der Waals surface area contributed by atoms with E-state index in [1.54, 1.807) is 31.2 Å². The van der Waals surface area contributed by atoms with Gasteiger partial charge in [0.1, 0.15) is 0 Å². The monoisotopic (exact) mass is 269 g/mol. The van der Waals surface area contributed by atoms with Crippen LogP contribution in [0.15, 0.2) is 24.3 Å². The number of benzene rings is 1. The topological polar surface area (TPSA) is 50.9 Å². The van der Waals surface area contributed by atoms with Crippen LogP contribution in [-0.4, -0.2) is 17.7 Å². The summed E-state index contributed by atoms with van der Waals surface area (Å²) < 4.78 is 36.4. The summed E-state index contributed by atoms with van der Waals surface area (Å²) in [7, 11) is 0. The van der Waals surface area contributed by atoms with E-state index in [9.17, 15) is 13.2 Å². The molecule has 0 aliphatic carbocycles. The van der Waals surface area contributed by atoms with Crippen molar-refractivity contribution in [3.8, 4) is 0 Å². The minimum Gasteiger partial charge on any atom is -0.399 e. The molecule has 0 atom stereocenters. The fourth-order valence-corrected chi connectivity index (χ4v) is 1.86. The van der Waals surface area contributed by atoms with Crippen molar-refractivity contribution in [1.29, 1.82) is 0 Å². The number of hydrogen-bond donors (Lipinski definition) is 2. The zero-order chi connectivity index (χ0) is 14.0. The zero-order valence-electron chi connectivity index (χ0n) is 10.4. The second-order valence-corrected chi connectivity index (χ2v) is 4.38. The lowest BCUT2D eigenvalue weighted by Crippen LogP contribution is -2.14. The molecule has 0 unspecified atom stereocenters. The average Bonchev–Trinajstić information content (AvgIpc) is 2.28. The normalized spacial score (nSPS) is 11.8. The van der Waals surface area contributed by atoms with Crippen molar-refractivity contribution in [2.75, 3.05) is 17.6 Å². The molecule has 0 radical (unpaired) electrons. The van der Waals surface area contributed by atoms with Crippen LogP contribution in [0.2, 0.25) is 0 Å². The molecule has 0 amide bonds. The van der Waals surface area contributed by atoms with Crippen LogP contribution in [-0.2, 0) is 0 Å². The molecule has 0 spiro atoms. The predicted molar refractivity (Wildman–Crippen MR) is 70.1 cm³/mol. The minimum absolute atomic E-state index is 0.170. The molecule has 102 valence electrons. The van der Waals surface area contributed by atoms with Gasteiger partial charge < -0.3 is 11.1 Å². The first kappa shape index (κ1) is 13.5. The van der Waals surface area contributed by atoms with Crippen molar-refractivity contribution in [3.05, 3.63) is 30.0 Å². The predicted octanol–water partition coefficient (Wildman–Crippen LogP) is 3.49. The standard InChI is InChI=1S/C13H14F3N3/c1-8-6-12(18-5-4-13(14,15)16)10-7-9(17)2-3-11(10)19-8/h2-3,6-7H,4-5,17H2,1H3,(H,18,19). The number of fused-ring (bicyclic) bond motifs is 1. The van der Waals surface area contributed by atoms with Crippen LogP contribution in [0.5, 0.6) is 0 Å². The molecule has 0 saturated heterocycles. The van der Waals surface area contributed by atoms with Crippen LogP contribution >= 0.6 is 0 Å². The third kappa shape index (κ3) is 3.49. The van der Waals surface area contributed by atoms with E-state index in [0.29, 0.717) is 16.9 Å². The van der Waals surface area contributed by atoms with Crippen LogP contribution < -0.4 is 11.1 Å². The van der Waals surface area contributed by atoms with E-state index >= 15 is 0 Å². The minimum atomic E-state index is -4.16. The molecule has 19 heavy (non-hydrogen) atoms. The molecule has 1 heterocycles. The Balaban J connectivity index is 2.28. The summed E-state index contributed by atoms with van der Waals surface area (Å²) in [5.74, 6) is 0. The summed E-state index contributed by atoms with van der Waals surface area (Å²) in [6.45, 7) is 1.63. The summed E-state index contributed by atoms with van der Waals surface area (Å²) in [6, 6.07) is 6.90. The first-order valence-electron chi connectivity index (χ1n) is 5.83. The van der Waals surface area contributed by atoms with Crippen molar-refractivity contribution < 1.29 is 13.2 Å². The maximum atomic E-state index is 12.1. The average molecular weight is 269 g/mol. The second kappa shape index (κ2) is 4.95. The van der Waals surface area contributed by atoms with E-state index in [2.05, 4.69) is 10.3 Å². The van der Waals surface area contributed by atoms with Gasteiger partial charge in [-0.25, -0.2) is 0 Å². The lowest BCUT2D eigenvalue weighted by Gasteiger charge is -2.12. The Bertz CT molecular complexity index is 593. The van der Waals surface area contributed by atoms with E-state index in [-0.39, 0.29) is 6.54 Å². The Hall–Kier alpha value is -1.98. The summed E-state index contributed by atoms with van der Waals surface area (Å²) in [5, 5.41) is 3.53. The number of nitrogens with one attached hydrogen (secondary N) is 1. The van der Waals surface area contributed by atoms with Crippen molar-refractivity contribution in [1.82, 2.24) is 4.98 Å². The van der Waals surface area contributed by atoms with Gasteiger partial charge in [-0.1, -0.05) is 0 Å². The Morgan fingerprint density at radius 1 is 1.26 bits per heavy atom. The number of hydrogen-bond acceptors (Lipinski definition) is 3. The SMILES string of the molecule is Cc1cc(NCCC(F)(F)F)c2cc(N)ccc2n1. The number of anilines is 2. The molecule has 6 heteroatoms. The Labute approximate surface area is 108 Å². The number of aromatic nitrogens is 1.